The maximum Gasteiger partial charge on any atom is 0.254 e. The molecular formula is C19H14N4O3. The highest BCUT2D eigenvalue weighted by Crippen LogP contribution is 2.17. The molecule has 0 unspecified atom stereocenters. The summed E-state index contributed by atoms with van der Waals surface area (Å²) >= 11 is 0. The van der Waals surface area contributed by atoms with E-state index in [4.69, 9.17) is 4.42 Å². The van der Waals surface area contributed by atoms with Crippen LogP contribution in [0.1, 0.15) is 0 Å². The molecule has 0 aliphatic heterocycles. The minimum atomic E-state index is -0.329. The van der Waals surface area contributed by atoms with Gasteiger partial charge in [0.15, 0.2) is 5.76 Å². The quantitative estimate of drug-likeness (QED) is 0.613. The number of nitrogens with zero attached hydrogens (tertiary/aromatic N) is 3. The minimum Gasteiger partial charge on any atom is -0.463 e. The molecule has 0 aliphatic rings. The highest BCUT2D eigenvalue weighted by molar-refractivity contribution is 5.93. The first-order valence-corrected chi connectivity index (χ1v) is 7.94. The molecule has 0 aliphatic carbocycles. The molecule has 0 atom stereocenters. The molecule has 0 radical (unpaired) electrons. The average Bonchev–Trinajstić information content (AvgIpc) is 3.18. The van der Waals surface area contributed by atoms with Gasteiger partial charge in [-0.15, -0.1) is 0 Å². The molecule has 0 spiro atoms. The van der Waals surface area contributed by atoms with Crippen LogP contribution in [0.15, 0.2) is 76.5 Å². The van der Waals surface area contributed by atoms with Gasteiger partial charge in [0.05, 0.1) is 18.1 Å². The highest BCUT2D eigenvalue weighted by Gasteiger charge is 2.09. The normalized spacial score (nSPS) is 10.8. The van der Waals surface area contributed by atoms with E-state index in [1.807, 2.05) is 24.3 Å². The standard InChI is InChI=1S/C19H14N4O3/c24-18(22-14-5-6-15-13(9-14)3-1-7-20-15)11-23-12-21-16(10-19(23)25)17-4-2-8-26-17/h1-10,12H,11H2,(H,22,24). The van der Waals surface area contributed by atoms with Crippen molar-refractivity contribution in [1.29, 1.82) is 0 Å². The second kappa shape index (κ2) is 6.64. The SMILES string of the molecule is O=C(Cn1cnc(-c2ccco2)cc1=O)Nc1ccc2ncccc2c1. The third-order valence-corrected chi connectivity index (χ3v) is 3.85. The van der Waals surface area contributed by atoms with Gasteiger partial charge in [0.2, 0.25) is 5.91 Å². The van der Waals surface area contributed by atoms with Gasteiger partial charge < -0.3 is 9.73 Å². The van der Waals surface area contributed by atoms with Crippen LogP contribution in [0, 0.1) is 0 Å². The van der Waals surface area contributed by atoms with Crippen molar-refractivity contribution in [3.8, 4) is 11.5 Å². The van der Waals surface area contributed by atoms with Crippen molar-refractivity contribution in [1.82, 2.24) is 14.5 Å². The number of nitrogens with one attached hydrogen (secondary N) is 1. The van der Waals surface area contributed by atoms with Gasteiger partial charge in [-0.05, 0) is 36.4 Å². The van der Waals surface area contributed by atoms with Crippen molar-refractivity contribution >= 4 is 22.5 Å². The molecule has 0 fully saturated rings. The van der Waals surface area contributed by atoms with Crippen LogP contribution < -0.4 is 10.9 Å². The number of pyridine rings is 1. The molecule has 1 aromatic carbocycles. The van der Waals surface area contributed by atoms with Crippen molar-refractivity contribution in [2.24, 2.45) is 0 Å². The fourth-order valence-corrected chi connectivity index (χ4v) is 2.61. The lowest BCUT2D eigenvalue weighted by atomic mass is 10.2. The molecule has 3 aromatic heterocycles. The molecule has 26 heavy (non-hydrogen) atoms. The van der Waals surface area contributed by atoms with E-state index in [1.54, 1.807) is 24.4 Å². The predicted molar refractivity (Wildman–Crippen MR) is 96.6 cm³/mol. The summed E-state index contributed by atoms with van der Waals surface area (Å²) in [5.74, 6) is 0.186. The monoisotopic (exact) mass is 346 g/mol. The van der Waals surface area contributed by atoms with Crippen LogP contribution in [0.5, 0.6) is 0 Å². The molecule has 7 nitrogen and oxygen atoms in total. The number of hydrogen-bond acceptors (Lipinski definition) is 5. The first kappa shape index (κ1) is 15.8. The number of benzene rings is 1. The summed E-state index contributed by atoms with van der Waals surface area (Å²) in [6, 6.07) is 14.0. The van der Waals surface area contributed by atoms with E-state index < -0.39 is 0 Å². The number of aromatic nitrogens is 3. The van der Waals surface area contributed by atoms with Crippen LogP contribution in [0.25, 0.3) is 22.4 Å². The average molecular weight is 346 g/mol. The summed E-state index contributed by atoms with van der Waals surface area (Å²) in [7, 11) is 0. The summed E-state index contributed by atoms with van der Waals surface area (Å²) in [5, 5.41) is 3.70. The highest BCUT2D eigenvalue weighted by atomic mass is 16.3. The van der Waals surface area contributed by atoms with Crippen LogP contribution >= 0.6 is 0 Å². The Labute approximate surface area is 147 Å². The molecule has 1 amide bonds. The number of hydrogen-bond donors (Lipinski definition) is 1. The maximum absolute atomic E-state index is 12.3. The Hall–Kier alpha value is -3.74. The van der Waals surface area contributed by atoms with E-state index in [9.17, 15) is 9.59 Å². The molecular weight excluding hydrogens is 332 g/mol. The van der Waals surface area contributed by atoms with Crippen LogP contribution in [-0.4, -0.2) is 20.4 Å². The van der Waals surface area contributed by atoms with Gasteiger partial charge in [-0.25, -0.2) is 4.98 Å². The Kier molecular flexibility index (Phi) is 4.03. The summed E-state index contributed by atoms with van der Waals surface area (Å²) in [6.45, 7) is -0.130. The lowest BCUT2D eigenvalue weighted by molar-refractivity contribution is -0.116. The Morgan fingerprint density at radius 1 is 1.12 bits per heavy atom. The molecule has 1 N–H and O–H groups in total. The molecule has 3 heterocycles. The topological polar surface area (TPSA) is 90.0 Å². The number of amides is 1. The lowest BCUT2D eigenvalue weighted by Crippen LogP contribution is -2.27. The van der Waals surface area contributed by atoms with Gasteiger partial charge in [0.1, 0.15) is 12.2 Å². The third kappa shape index (κ3) is 3.23. The van der Waals surface area contributed by atoms with Gasteiger partial charge in [-0.1, -0.05) is 6.07 Å². The van der Waals surface area contributed by atoms with E-state index in [1.165, 1.54) is 23.2 Å². The zero-order chi connectivity index (χ0) is 17.9. The number of furan rings is 1. The smallest absolute Gasteiger partial charge is 0.254 e. The summed E-state index contributed by atoms with van der Waals surface area (Å²) in [4.78, 5) is 32.8. The Bertz CT molecular complexity index is 1130. The van der Waals surface area contributed by atoms with E-state index in [2.05, 4.69) is 15.3 Å². The first-order chi connectivity index (χ1) is 12.7. The second-order valence-electron chi connectivity index (χ2n) is 5.68. The largest absolute Gasteiger partial charge is 0.463 e. The zero-order valence-electron chi connectivity index (χ0n) is 13.6. The second-order valence-corrected chi connectivity index (χ2v) is 5.68. The fraction of sp³-hybridized carbons (Fsp3) is 0.0526. The van der Waals surface area contributed by atoms with Gasteiger partial charge in [0, 0.05) is 23.3 Å². The van der Waals surface area contributed by atoms with Crippen LogP contribution in [-0.2, 0) is 11.3 Å². The molecule has 7 heteroatoms. The van der Waals surface area contributed by atoms with E-state index in [0.29, 0.717) is 17.1 Å². The van der Waals surface area contributed by atoms with Gasteiger partial charge in [-0.3, -0.25) is 19.1 Å². The molecule has 0 bridgehead atoms. The van der Waals surface area contributed by atoms with Gasteiger partial charge in [0.25, 0.3) is 5.56 Å². The molecule has 4 rings (SSSR count). The van der Waals surface area contributed by atoms with Crippen molar-refractivity contribution in [3.63, 3.8) is 0 Å². The fourth-order valence-electron chi connectivity index (χ4n) is 2.61. The number of carbonyl (C=O) groups excluding carboxylic acids is 1. The number of carbonyl (C=O) groups is 1. The van der Waals surface area contributed by atoms with Gasteiger partial charge >= 0.3 is 0 Å². The van der Waals surface area contributed by atoms with Crippen LogP contribution in [0.3, 0.4) is 0 Å². The first-order valence-electron chi connectivity index (χ1n) is 7.94. The van der Waals surface area contributed by atoms with Crippen molar-refractivity contribution < 1.29 is 9.21 Å². The minimum absolute atomic E-state index is 0.130. The number of fused-ring (bicyclic) bond motifs is 1. The summed E-state index contributed by atoms with van der Waals surface area (Å²) in [5.41, 5.74) is 1.59. The summed E-state index contributed by atoms with van der Waals surface area (Å²) < 4.78 is 6.46. The summed E-state index contributed by atoms with van der Waals surface area (Å²) in [6.07, 6.45) is 4.56. The Morgan fingerprint density at radius 2 is 2.04 bits per heavy atom. The lowest BCUT2D eigenvalue weighted by Gasteiger charge is -2.08. The van der Waals surface area contributed by atoms with E-state index in [0.717, 1.165) is 10.9 Å². The van der Waals surface area contributed by atoms with E-state index in [-0.39, 0.29) is 18.0 Å². The van der Waals surface area contributed by atoms with Crippen LogP contribution in [0.4, 0.5) is 5.69 Å². The zero-order valence-corrected chi connectivity index (χ0v) is 13.6. The van der Waals surface area contributed by atoms with Crippen molar-refractivity contribution in [3.05, 3.63) is 77.7 Å². The van der Waals surface area contributed by atoms with Crippen LogP contribution in [0.2, 0.25) is 0 Å². The third-order valence-electron chi connectivity index (χ3n) is 3.85. The maximum atomic E-state index is 12.3. The Morgan fingerprint density at radius 3 is 2.85 bits per heavy atom. The van der Waals surface area contributed by atoms with E-state index >= 15 is 0 Å². The van der Waals surface area contributed by atoms with Crippen molar-refractivity contribution in [2.45, 2.75) is 6.54 Å². The Balaban J connectivity index is 1.49. The molecule has 0 saturated heterocycles. The predicted octanol–water partition coefficient (Wildman–Crippen LogP) is 2.69. The molecule has 0 saturated carbocycles. The number of anilines is 1. The number of rotatable bonds is 4. The van der Waals surface area contributed by atoms with Crippen molar-refractivity contribution in [2.75, 3.05) is 5.32 Å². The van der Waals surface area contributed by atoms with Gasteiger partial charge in [-0.2, -0.15) is 0 Å². The molecule has 4 aromatic rings. The molecule has 128 valence electrons.